The van der Waals surface area contributed by atoms with Crippen molar-refractivity contribution >= 4 is 17.2 Å². The van der Waals surface area contributed by atoms with Gasteiger partial charge in [0.2, 0.25) is 0 Å². The number of carbonyl (C=O) groups excluding carboxylic acids is 1. The van der Waals surface area contributed by atoms with Gasteiger partial charge in [0.1, 0.15) is 0 Å². The second kappa shape index (κ2) is 4.67. The van der Waals surface area contributed by atoms with Gasteiger partial charge in [-0.3, -0.25) is 4.79 Å². The summed E-state index contributed by atoms with van der Waals surface area (Å²) in [5, 5.41) is 10.6. The van der Waals surface area contributed by atoms with Gasteiger partial charge in [-0.25, -0.2) is 0 Å². The normalized spacial score (nSPS) is 22.7. The average molecular weight is 266 g/mol. The van der Waals surface area contributed by atoms with Crippen molar-refractivity contribution in [3.8, 4) is 0 Å². The minimum atomic E-state index is 0.0507. The van der Waals surface area contributed by atoms with E-state index in [9.17, 15) is 4.79 Å². The van der Waals surface area contributed by atoms with Gasteiger partial charge in [-0.05, 0) is 52.0 Å². The van der Waals surface area contributed by atoms with Crippen molar-refractivity contribution in [2.45, 2.75) is 57.7 Å². The van der Waals surface area contributed by atoms with E-state index < -0.39 is 0 Å². The van der Waals surface area contributed by atoms with E-state index in [0.717, 1.165) is 18.4 Å². The molecular weight excluding hydrogens is 244 g/mol. The lowest BCUT2D eigenvalue weighted by Crippen LogP contribution is -2.62. The number of hydrogen-bond donors (Lipinski definition) is 2. The van der Waals surface area contributed by atoms with Crippen LogP contribution in [0.15, 0.2) is 16.8 Å². The Bertz CT molecular complexity index is 407. The fourth-order valence-corrected chi connectivity index (χ4v) is 3.72. The van der Waals surface area contributed by atoms with Crippen molar-refractivity contribution in [2.24, 2.45) is 0 Å². The lowest BCUT2D eigenvalue weighted by Gasteiger charge is -2.46. The summed E-state index contributed by atoms with van der Waals surface area (Å²) in [6, 6.07) is 2.11. The molecule has 1 amide bonds. The molecule has 0 saturated carbocycles. The predicted octanol–water partition coefficient (Wildman–Crippen LogP) is 2.79. The quantitative estimate of drug-likeness (QED) is 0.864. The molecule has 0 aromatic carbocycles. The first kappa shape index (κ1) is 13.6. The van der Waals surface area contributed by atoms with Gasteiger partial charge in [0.05, 0.1) is 0 Å². The van der Waals surface area contributed by atoms with Crippen LogP contribution in [0.25, 0.3) is 0 Å². The molecule has 0 atom stereocenters. The number of piperidine rings is 1. The summed E-state index contributed by atoms with van der Waals surface area (Å²) in [4.78, 5) is 12.1. The van der Waals surface area contributed by atoms with E-state index in [2.05, 4.69) is 38.3 Å². The molecule has 2 N–H and O–H groups in total. The Balaban J connectivity index is 2.03. The van der Waals surface area contributed by atoms with Crippen LogP contribution in [-0.4, -0.2) is 23.0 Å². The Morgan fingerprint density at radius 3 is 2.44 bits per heavy atom. The molecule has 0 aliphatic carbocycles. The summed E-state index contributed by atoms with van der Waals surface area (Å²) in [5.41, 5.74) is 0.900. The smallest absolute Gasteiger partial charge is 0.252 e. The number of thiophene rings is 1. The van der Waals surface area contributed by atoms with Crippen molar-refractivity contribution in [3.63, 3.8) is 0 Å². The van der Waals surface area contributed by atoms with Gasteiger partial charge in [-0.1, -0.05) is 0 Å². The Labute approximate surface area is 113 Å². The molecule has 100 valence electrons. The van der Waals surface area contributed by atoms with E-state index >= 15 is 0 Å². The summed E-state index contributed by atoms with van der Waals surface area (Å²) < 4.78 is 0. The number of hydrogen-bond acceptors (Lipinski definition) is 3. The van der Waals surface area contributed by atoms with Gasteiger partial charge in [0.25, 0.3) is 5.91 Å². The summed E-state index contributed by atoms with van der Waals surface area (Å²) >= 11 is 1.56. The molecule has 0 unspecified atom stereocenters. The van der Waals surface area contributed by atoms with Gasteiger partial charge < -0.3 is 10.6 Å². The van der Waals surface area contributed by atoms with Crippen molar-refractivity contribution in [2.75, 3.05) is 0 Å². The fraction of sp³-hybridized carbons (Fsp3) is 0.643. The third-order valence-electron chi connectivity index (χ3n) is 3.31. The van der Waals surface area contributed by atoms with Crippen molar-refractivity contribution in [3.05, 3.63) is 22.4 Å². The SMILES string of the molecule is CC1(C)CC(NC(=O)c2ccsc2)CC(C)(C)N1. The Morgan fingerprint density at radius 2 is 1.94 bits per heavy atom. The molecule has 0 bridgehead atoms. The summed E-state index contributed by atoms with van der Waals surface area (Å²) in [5.74, 6) is 0.0507. The van der Waals surface area contributed by atoms with E-state index in [-0.39, 0.29) is 23.0 Å². The molecule has 2 rings (SSSR count). The second-order valence-electron chi connectivity index (χ2n) is 6.48. The van der Waals surface area contributed by atoms with E-state index in [0.29, 0.717) is 0 Å². The van der Waals surface area contributed by atoms with Crippen LogP contribution >= 0.6 is 11.3 Å². The maximum absolute atomic E-state index is 12.1. The minimum absolute atomic E-state index is 0.0507. The lowest BCUT2D eigenvalue weighted by molar-refractivity contribution is 0.0873. The zero-order chi connectivity index (χ0) is 13.4. The highest BCUT2D eigenvalue weighted by Gasteiger charge is 2.38. The highest BCUT2D eigenvalue weighted by molar-refractivity contribution is 7.08. The maximum atomic E-state index is 12.1. The van der Waals surface area contributed by atoms with E-state index in [1.807, 2.05) is 16.8 Å². The van der Waals surface area contributed by atoms with Gasteiger partial charge >= 0.3 is 0 Å². The molecule has 2 heterocycles. The highest BCUT2D eigenvalue weighted by atomic mass is 32.1. The summed E-state index contributed by atoms with van der Waals surface area (Å²) in [6.45, 7) is 8.77. The summed E-state index contributed by atoms with van der Waals surface area (Å²) in [7, 11) is 0. The molecule has 3 nitrogen and oxygen atoms in total. The standard InChI is InChI=1S/C14H22N2OS/c1-13(2)7-11(8-14(3,4)16-13)15-12(17)10-5-6-18-9-10/h5-6,9,11,16H,7-8H2,1-4H3,(H,15,17). The third kappa shape index (κ3) is 3.33. The molecule has 1 fully saturated rings. The Kier molecular flexibility index (Phi) is 3.52. The van der Waals surface area contributed by atoms with Crippen LogP contribution < -0.4 is 10.6 Å². The molecular formula is C14H22N2OS. The molecule has 0 radical (unpaired) electrons. The van der Waals surface area contributed by atoms with Crippen LogP contribution in [0.4, 0.5) is 0 Å². The van der Waals surface area contributed by atoms with Crippen LogP contribution in [0.1, 0.15) is 50.9 Å². The first-order chi connectivity index (χ1) is 8.27. The lowest BCUT2D eigenvalue weighted by atomic mass is 9.79. The van der Waals surface area contributed by atoms with Crippen molar-refractivity contribution in [1.29, 1.82) is 0 Å². The number of carbonyl (C=O) groups is 1. The molecule has 1 aromatic rings. The molecule has 4 heteroatoms. The van der Waals surface area contributed by atoms with Crippen LogP contribution in [0.2, 0.25) is 0 Å². The molecule has 1 saturated heterocycles. The van der Waals surface area contributed by atoms with Crippen LogP contribution in [0, 0.1) is 0 Å². The zero-order valence-electron chi connectivity index (χ0n) is 11.5. The number of rotatable bonds is 2. The number of nitrogens with one attached hydrogen (secondary N) is 2. The van der Waals surface area contributed by atoms with Crippen LogP contribution in [0.5, 0.6) is 0 Å². The minimum Gasteiger partial charge on any atom is -0.349 e. The predicted molar refractivity (Wildman–Crippen MR) is 76.1 cm³/mol. The fourth-order valence-electron chi connectivity index (χ4n) is 3.09. The van der Waals surface area contributed by atoms with Gasteiger partial charge in [0, 0.05) is 28.1 Å². The largest absolute Gasteiger partial charge is 0.349 e. The maximum Gasteiger partial charge on any atom is 0.252 e. The van der Waals surface area contributed by atoms with E-state index in [1.165, 1.54) is 0 Å². The van der Waals surface area contributed by atoms with E-state index in [4.69, 9.17) is 0 Å². The van der Waals surface area contributed by atoms with Crippen LogP contribution in [-0.2, 0) is 0 Å². The van der Waals surface area contributed by atoms with Crippen molar-refractivity contribution in [1.82, 2.24) is 10.6 Å². The van der Waals surface area contributed by atoms with Gasteiger partial charge in [-0.2, -0.15) is 11.3 Å². The van der Waals surface area contributed by atoms with E-state index in [1.54, 1.807) is 11.3 Å². The zero-order valence-corrected chi connectivity index (χ0v) is 12.4. The molecule has 1 aliphatic rings. The Morgan fingerprint density at radius 1 is 1.33 bits per heavy atom. The molecule has 0 spiro atoms. The van der Waals surface area contributed by atoms with Gasteiger partial charge in [-0.15, -0.1) is 0 Å². The van der Waals surface area contributed by atoms with Gasteiger partial charge in [0.15, 0.2) is 0 Å². The first-order valence-electron chi connectivity index (χ1n) is 6.40. The number of amides is 1. The monoisotopic (exact) mass is 266 g/mol. The molecule has 1 aliphatic heterocycles. The average Bonchev–Trinajstić information content (AvgIpc) is 2.63. The third-order valence-corrected chi connectivity index (χ3v) is 3.99. The van der Waals surface area contributed by atoms with Crippen LogP contribution in [0.3, 0.4) is 0 Å². The first-order valence-corrected chi connectivity index (χ1v) is 7.34. The summed E-state index contributed by atoms with van der Waals surface area (Å²) in [6.07, 6.45) is 1.93. The topological polar surface area (TPSA) is 41.1 Å². The molecule has 18 heavy (non-hydrogen) atoms. The highest BCUT2D eigenvalue weighted by Crippen LogP contribution is 2.28. The second-order valence-corrected chi connectivity index (χ2v) is 7.26. The Hall–Kier alpha value is -0.870. The van der Waals surface area contributed by atoms with Crippen molar-refractivity contribution < 1.29 is 4.79 Å². The molecule has 1 aromatic heterocycles.